The second kappa shape index (κ2) is 6.62. The van der Waals surface area contributed by atoms with Gasteiger partial charge in [-0.15, -0.1) is 0 Å². The van der Waals surface area contributed by atoms with E-state index >= 15 is 0 Å². The van der Waals surface area contributed by atoms with E-state index in [1.807, 2.05) is 31.2 Å². The summed E-state index contributed by atoms with van der Waals surface area (Å²) in [5.41, 5.74) is 1.57. The van der Waals surface area contributed by atoms with Gasteiger partial charge < -0.3 is 10.4 Å². The molecule has 1 heterocycles. The van der Waals surface area contributed by atoms with Gasteiger partial charge in [0.05, 0.1) is 5.69 Å². The summed E-state index contributed by atoms with van der Waals surface area (Å²) in [5, 5.41) is 12.0. The summed E-state index contributed by atoms with van der Waals surface area (Å²) in [6.45, 7) is 3.10. The lowest BCUT2D eigenvalue weighted by molar-refractivity contribution is -0.137. The molecule has 2 N–H and O–H groups in total. The summed E-state index contributed by atoms with van der Waals surface area (Å²) in [4.78, 5) is 27.3. The number of rotatable bonds is 5. The van der Waals surface area contributed by atoms with E-state index in [0.717, 1.165) is 22.2 Å². The highest BCUT2D eigenvalue weighted by molar-refractivity contribution is 6.30. The molecule has 6 nitrogen and oxygen atoms in total. The minimum atomic E-state index is -1.12. The van der Waals surface area contributed by atoms with Gasteiger partial charge in [0.1, 0.15) is 6.54 Å². The molecule has 0 bridgehead atoms. The number of hydrogen-bond donors (Lipinski definition) is 2. The molecule has 0 aliphatic rings. The predicted octanol–water partition coefficient (Wildman–Crippen LogP) is 2.60. The van der Waals surface area contributed by atoms with Crippen LogP contribution in [0.5, 0.6) is 0 Å². The van der Waals surface area contributed by atoms with Crippen LogP contribution >= 0.6 is 11.6 Å². The lowest BCUT2D eigenvalue weighted by atomic mass is 10.1. The summed E-state index contributed by atoms with van der Waals surface area (Å²) >= 11 is 6.01. The number of anilines is 2. The van der Waals surface area contributed by atoms with E-state index in [9.17, 15) is 9.59 Å². The maximum atomic E-state index is 12.4. The third-order valence-electron chi connectivity index (χ3n) is 3.31. The lowest BCUT2D eigenvalue weighted by Crippen LogP contribution is -2.29. The Balaban J connectivity index is 2.50. The van der Waals surface area contributed by atoms with Crippen molar-refractivity contribution in [2.75, 3.05) is 5.32 Å². The predicted molar refractivity (Wildman–Crippen MR) is 85.0 cm³/mol. The molecule has 0 spiro atoms. The van der Waals surface area contributed by atoms with E-state index < -0.39 is 18.1 Å². The number of halogens is 1. The van der Waals surface area contributed by atoms with Crippen molar-refractivity contribution >= 4 is 29.1 Å². The van der Waals surface area contributed by atoms with Gasteiger partial charge in [-0.2, -0.15) is 0 Å². The average molecular weight is 322 g/mol. The first-order valence-corrected chi connectivity index (χ1v) is 7.15. The molecule has 2 rings (SSSR count). The summed E-state index contributed by atoms with van der Waals surface area (Å²) in [7, 11) is 0. The lowest BCUT2D eigenvalue weighted by Gasteiger charge is -2.14. The maximum absolute atomic E-state index is 12.4. The fourth-order valence-electron chi connectivity index (χ4n) is 2.10. The van der Waals surface area contributed by atoms with Gasteiger partial charge in [-0.1, -0.05) is 36.7 Å². The van der Waals surface area contributed by atoms with Crippen molar-refractivity contribution in [3.63, 3.8) is 0 Å². The zero-order valence-electron chi connectivity index (χ0n) is 12.3. The normalized spacial score (nSPS) is 10.5. The van der Waals surface area contributed by atoms with Crippen LogP contribution in [-0.2, 0) is 17.8 Å². The second-order valence-electron chi connectivity index (χ2n) is 4.76. The van der Waals surface area contributed by atoms with Gasteiger partial charge in [0, 0.05) is 5.69 Å². The molecule has 116 valence electrons. The van der Waals surface area contributed by atoms with Crippen LogP contribution in [0.4, 0.5) is 11.5 Å². The molecule has 1 aromatic carbocycles. The number of nitrogens with zero attached hydrogens (tertiary/aromatic N) is 2. The summed E-state index contributed by atoms with van der Waals surface area (Å²) in [6.07, 6.45) is 0.784. The van der Waals surface area contributed by atoms with Crippen LogP contribution in [0.2, 0.25) is 5.15 Å². The monoisotopic (exact) mass is 321 g/mol. The average Bonchev–Trinajstić information content (AvgIpc) is 2.49. The fourth-order valence-corrected chi connectivity index (χ4v) is 2.29. The van der Waals surface area contributed by atoms with Crippen LogP contribution < -0.4 is 10.9 Å². The summed E-state index contributed by atoms with van der Waals surface area (Å²) in [5.74, 6) is -1.11. The molecule has 0 radical (unpaired) electrons. The fraction of sp³-hybridized carbons (Fsp3) is 0.267. The van der Waals surface area contributed by atoms with Crippen molar-refractivity contribution < 1.29 is 9.90 Å². The Hall–Kier alpha value is -2.34. The number of benzene rings is 1. The van der Waals surface area contributed by atoms with Gasteiger partial charge in [0.15, 0.2) is 11.0 Å². The zero-order valence-corrected chi connectivity index (χ0v) is 13.0. The Labute approximate surface area is 132 Å². The highest BCUT2D eigenvalue weighted by Gasteiger charge is 2.15. The van der Waals surface area contributed by atoms with Crippen LogP contribution in [0.1, 0.15) is 18.2 Å². The van der Waals surface area contributed by atoms with Crippen LogP contribution in [0.15, 0.2) is 29.1 Å². The van der Waals surface area contributed by atoms with Gasteiger partial charge in [0.2, 0.25) is 0 Å². The van der Waals surface area contributed by atoms with Crippen LogP contribution in [-0.4, -0.2) is 20.6 Å². The first-order valence-electron chi connectivity index (χ1n) is 6.77. The molecule has 0 atom stereocenters. The number of aryl methyl sites for hydroxylation is 1. The van der Waals surface area contributed by atoms with E-state index in [1.54, 1.807) is 6.92 Å². The first-order chi connectivity index (χ1) is 10.4. The largest absolute Gasteiger partial charge is 0.480 e. The zero-order chi connectivity index (χ0) is 16.3. The molecular formula is C15H16ClN3O3. The molecule has 1 aromatic heterocycles. The van der Waals surface area contributed by atoms with Crippen molar-refractivity contribution in [3.8, 4) is 0 Å². The Kier molecular flexibility index (Phi) is 4.82. The molecule has 22 heavy (non-hydrogen) atoms. The Morgan fingerprint density at radius 3 is 2.73 bits per heavy atom. The van der Waals surface area contributed by atoms with Gasteiger partial charge in [-0.25, -0.2) is 4.98 Å². The van der Waals surface area contributed by atoms with Crippen LogP contribution in [0.25, 0.3) is 0 Å². The second-order valence-corrected chi connectivity index (χ2v) is 5.12. The molecule has 0 saturated carbocycles. The van der Waals surface area contributed by atoms with Crippen molar-refractivity contribution in [3.05, 3.63) is 51.0 Å². The highest BCUT2D eigenvalue weighted by atomic mass is 35.5. The van der Waals surface area contributed by atoms with Gasteiger partial charge in [0.25, 0.3) is 5.56 Å². The van der Waals surface area contributed by atoms with Crippen molar-refractivity contribution in [2.45, 2.75) is 26.8 Å². The smallest absolute Gasteiger partial charge is 0.323 e. The molecule has 0 amide bonds. The van der Waals surface area contributed by atoms with Crippen molar-refractivity contribution in [2.24, 2.45) is 0 Å². The van der Waals surface area contributed by atoms with E-state index in [4.69, 9.17) is 16.7 Å². The molecule has 7 heteroatoms. The van der Waals surface area contributed by atoms with E-state index in [1.165, 1.54) is 0 Å². The van der Waals surface area contributed by atoms with E-state index in [2.05, 4.69) is 10.3 Å². The van der Waals surface area contributed by atoms with Crippen LogP contribution in [0, 0.1) is 6.92 Å². The molecule has 0 saturated heterocycles. The number of carbonyl (C=O) groups is 1. The number of carboxylic acid groups (broad SMARTS) is 1. The quantitative estimate of drug-likeness (QED) is 0.884. The molecule has 0 fully saturated rings. The number of carboxylic acids is 1. The van der Waals surface area contributed by atoms with Gasteiger partial charge in [-0.05, 0) is 25.0 Å². The first kappa shape index (κ1) is 16.0. The topological polar surface area (TPSA) is 84.2 Å². The number of aliphatic carboxylic acids is 1. The molecule has 0 unspecified atom stereocenters. The summed E-state index contributed by atoms with van der Waals surface area (Å²) < 4.78 is 1.09. The maximum Gasteiger partial charge on any atom is 0.323 e. The number of hydrogen-bond acceptors (Lipinski definition) is 4. The minimum absolute atomic E-state index is 0.0118. The van der Waals surface area contributed by atoms with Crippen molar-refractivity contribution in [1.82, 2.24) is 9.55 Å². The Morgan fingerprint density at radius 1 is 1.41 bits per heavy atom. The van der Waals surface area contributed by atoms with Gasteiger partial charge in [-0.3, -0.25) is 14.2 Å². The van der Waals surface area contributed by atoms with E-state index in [0.29, 0.717) is 5.69 Å². The molecule has 0 aliphatic heterocycles. The standard InChI is InChI=1S/C15H16ClN3O3/c1-3-10-6-4-5-7-11(10)17-14-15(22)19(8-12(20)21)9(2)13(16)18-14/h4-7H,3,8H2,1-2H3,(H,17,18)(H,20,21). The minimum Gasteiger partial charge on any atom is -0.480 e. The Bertz CT molecular complexity index is 771. The van der Waals surface area contributed by atoms with Crippen molar-refractivity contribution in [1.29, 1.82) is 0 Å². The number of nitrogens with one attached hydrogen (secondary N) is 1. The number of para-hydroxylation sites is 1. The molecule has 2 aromatic rings. The molecular weight excluding hydrogens is 306 g/mol. The third-order valence-corrected chi connectivity index (χ3v) is 3.66. The van der Waals surface area contributed by atoms with Crippen LogP contribution in [0.3, 0.4) is 0 Å². The molecule has 0 aliphatic carbocycles. The highest BCUT2D eigenvalue weighted by Crippen LogP contribution is 2.20. The third kappa shape index (κ3) is 3.28. The Morgan fingerprint density at radius 2 is 2.09 bits per heavy atom. The van der Waals surface area contributed by atoms with E-state index in [-0.39, 0.29) is 11.0 Å². The number of aromatic nitrogens is 2. The SMILES string of the molecule is CCc1ccccc1Nc1nc(Cl)c(C)n(CC(=O)O)c1=O. The summed E-state index contributed by atoms with van der Waals surface area (Å²) in [6, 6.07) is 7.51. The van der Waals surface area contributed by atoms with Gasteiger partial charge >= 0.3 is 5.97 Å².